The molecule has 0 aliphatic heterocycles. The molecule has 6 heteroatoms. The summed E-state index contributed by atoms with van der Waals surface area (Å²) in [6.07, 6.45) is 16.2. The Morgan fingerprint density at radius 1 is 0.762 bits per heavy atom. The fourth-order valence-electron chi connectivity index (χ4n) is 1.95. The molecule has 0 heterocycles. The zero-order valence-corrected chi connectivity index (χ0v) is 14.5. The van der Waals surface area contributed by atoms with Crippen molar-refractivity contribution in [2.24, 2.45) is 0 Å². The normalized spacial score (nSPS) is 11.0. The highest BCUT2D eigenvalue weighted by Gasteiger charge is 1.94. The maximum Gasteiger partial charge on any atom is 0.397 e. The average Bonchev–Trinajstić information content (AvgIpc) is 2.45. The molecule has 5 nitrogen and oxygen atoms in total. The second kappa shape index (κ2) is 17.9. The Morgan fingerprint density at radius 2 is 1.05 bits per heavy atom. The molecule has 0 aliphatic carbocycles. The third-order valence-electron chi connectivity index (χ3n) is 3.22. The first-order chi connectivity index (χ1) is 9.97. The van der Waals surface area contributed by atoms with Crippen LogP contribution in [0.4, 0.5) is 0 Å². The number of hydrogen-bond donors (Lipinski definition) is 2. The molecule has 2 N–H and O–H groups in total. The molecule has 0 aromatic rings. The lowest BCUT2D eigenvalue weighted by Gasteiger charge is -2.01. The van der Waals surface area contributed by atoms with Gasteiger partial charge >= 0.3 is 10.4 Å². The molecule has 0 aromatic carbocycles. The van der Waals surface area contributed by atoms with Gasteiger partial charge in [0.2, 0.25) is 0 Å². The van der Waals surface area contributed by atoms with E-state index in [4.69, 9.17) is 9.66 Å². The van der Waals surface area contributed by atoms with Crippen LogP contribution in [0.5, 0.6) is 0 Å². The zero-order valence-electron chi connectivity index (χ0n) is 13.7. The Bertz CT molecular complexity index is 266. The second-order valence-electron chi connectivity index (χ2n) is 5.21. The van der Waals surface area contributed by atoms with Gasteiger partial charge in [-0.1, -0.05) is 77.6 Å². The molecule has 0 amide bonds. The summed E-state index contributed by atoms with van der Waals surface area (Å²) < 4.78 is 29.7. The van der Waals surface area contributed by atoms with E-state index in [0.717, 1.165) is 13.5 Å². The van der Waals surface area contributed by atoms with Gasteiger partial charge in [0.25, 0.3) is 0 Å². The lowest BCUT2D eigenvalue weighted by molar-refractivity contribution is 0.282. The highest BCUT2D eigenvalue weighted by molar-refractivity contribution is 7.80. The van der Waals surface area contributed by atoms with Gasteiger partial charge in [-0.3, -0.25) is 8.74 Å². The van der Waals surface area contributed by atoms with E-state index in [1.807, 2.05) is 0 Å². The van der Waals surface area contributed by atoms with Crippen LogP contribution in [0, 0.1) is 0 Å². The molecular formula is C15H34O5S. The number of hydrogen-bond acceptors (Lipinski definition) is 4. The van der Waals surface area contributed by atoms with Gasteiger partial charge in [-0.15, -0.1) is 0 Å². The van der Waals surface area contributed by atoms with Crippen LogP contribution in [0.1, 0.15) is 84.0 Å². The van der Waals surface area contributed by atoms with Crippen molar-refractivity contribution < 1.29 is 22.3 Å². The quantitative estimate of drug-likeness (QED) is 0.393. The Kier molecular flexibility index (Phi) is 19.7. The molecule has 0 rings (SSSR count). The number of rotatable bonds is 13. The van der Waals surface area contributed by atoms with E-state index in [9.17, 15) is 8.42 Å². The SMILES string of the molecule is CCCCCCCCCCCCCCO.COS(=O)(=O)O. The first-order valence-electron chi connectivity index (χ1n) is 8.11. The van der Waals surface area contributed by atoms with Crippen molar-refractivity contribution in [1.82, 2.24) is 0 Å². The molecule has 130 valence electrons. The molecule has 0 radical (unpaired) electrons. The average molecular weight is 326 g/mol. The minimum Gasteiger partial charge on any atom is -0.396 e. The van der Waals surface area contributed by atoms with E-state index >= 15 is 0 Å². The molecule has 21 heavy (non-hydrogen) atoms. The van der Waals surface area contributed by atoms with Crippen LogP contribution >= 0.6 is 0 Å². The van der Waals surface area contributed by atoms with E-state index < -0.39 is 10.4 Å². The Morgan fingerprint density at radius 3 is 1.29 bits per heavy atom. The maximum atomic E-state index is 9.33. The largest absolute Gasteiger partial charge is 0.397 e. The van der Waals surface area contributed by atoms with Crippen LogP contribution < -0.4 is 0 Å². The first kappa shape index (κ1) is 23.1. The standard InChI is InChI=1S/C14H30O.CH4O4S/c1-2-3-4-5-6-7-8-9-10-11-12-13-14-15;1-5-6(2,3)4/h15H,2-14H2,1H3;1H3,(H,2,3,4). The molecule has 0 saturated carbocycles. The van der Waals surface area contributed by atoms with Crippen LogP contribution in [-0.4, -0.2) is 31.8 Å². The summed E-state index contributed by atoms with van der Waals surface area (Å²) in [6, 6.07) is 0. The summed E-state index contributed by atoms with van der Waals surface area (Å²) in [5, 5.41) is 8.61. The minimum atomic E-state index is -4.16. The van der Waals surface area contributed by atoms with E-state index in [2.05, 4.69) is 11.1 Å². The fourth-order valence-corrected chi connectivity index (χ4v) is 1.95. The summed E-state index contributed by atoms with van der Waals surface area (Å²) >= 11 is 0. The first-order valence-corrected chi connectivity index (χ1v) is 9.48. The van der Waals surface area contributed by atoms with Gasteiger partial charge in [-0.05, 0) is 6.42 Å². The molecule has 0 unspecified atom stereocenters. The van der Waals surface area contributed by atoms with E-state index in [-0.39, 0.29) is 0 Å². The third-order valence-corrected chi connectivity index (χ3v) is 3.64. The van der Waals surface area contributed by atoms with Crippen molar-refractivity contribution >= 4 is 10.4 Å². The van der Waals surface area contributed by atoms with Gasteiger partial charge in [0.15, 0.2) is 0 Å². The third kappa shape index (κ3) is 28.7. The van der Waals surface area contributed by atoms with Crippen molar-refractivity contribution in [1.29, 1.82) is 0 Å². The number of unbranched alkanes of at least 4 members (excludes halogenated alkanes) is 11. The second-order valence-corrected chi connectivity index (χ2v) is 6.40. The molecule has 0 spiro atoms. The van der Waals surface area contributed by atoms with Crippen molar-refractivity contribution in [3.05, 3.63) is 0 Å². The van der Waals surface area contributed by atoms with Gasteiger partial charge in [0.05, 0.1) is 7.11 Å². The zero-order chi connectivity index (χ0) is 16.4. The van der Waals surface area contributed by atoms with Gasteiger partial charge in [-0.2, -0.15) is 8.42 Å². The fraction of sp³-hybridized carbons (Fsp3) is 1.00. The predicted octanol–water partition coefficient (Wildman–Crippen LogP) is 4.12. The van der Waals surface area contributed by atoms with E-state index in [0.29, 0.717) is 6.61 Å². The van der Waals surface area contributed by atoms with Gasteiger partial charge in [0, 0.05) is 6.61 Å². The van der Waals surface area contributed by atoms with Crippen LogP contribution in [0.3, 0.4) is 0 Å². The molecule has 0 aromatic heterocycles. The molecule has 0 aliphatic rings. The van der Waals surface area contributed by atoms with Gasteiger partial charge < -0.3 is 5.11 Å². The van der Waals surface area contributed by atoms with Crippen molar-refractivity contribution in [3.8, 4) is 0 Å². The summed E-state index contributed by atoms with van der Waals surface area (Å²) in [4.78, 5) is 0. The highest BCUT2D eigenvalue weighted by Crippen LogP contribution is 2.11. The lowest BCUT2D eigenvalue weighted by Crippen LogP contribution is -1.96. The van der Waals surface area contributed by atoms with E-state index in [1.165, 1.54) is 70.6 Å². The molecule has 0 bridgehead atoms. The predicted molar refractivity (Wildman–Crippen MR) is 86.7 cm³/mol. The summed E-state index contributed by atoms with van der Waals surface area (Å²) in [5.74, 6) is 0. The summed E-state index contributed by atoms with van der Waals surface area (Å²) in [6.45, 7) is 2.64. The Hall–Kier alpha value is -0.170. The van der Waals surface area contributed by atoms with Crippen molar-refractivity contribution in [2.45, 2.75) is 84.0 Å². The maximum absolute atomic E-state index is 9.33. The Balaban J connectivity index is 0. The number of aliphatic hydroxyl groups is 1. The van der Waals surface area contributed by atoms with Crippen LogP contribution in [0.15, 0.2) is 0 Å². The van der Waals surface area contributed by atoms with Gasteiger partial charge in [0.1, 0.15) is 0 Å². The smallest absolute Gasteiger partial charge is 0.396 e. The van der Waals surface area contributed by atoms with E-state index in [1.54, 1.807) is 0 Å². The van der Waals surface area contributed by atoms with Crippen LogP contribution in [0.2, 0.25) is 0 Å². The van der Waals surface area contributed by atoms with Crippen molar-refractivity contribution in [3.63, 3.8) is 0 Å². The summed E-state index contributed by atoms with van der Waals surface area (Å²) in [5.41, 5.74) is 0. The molecule has 0 atom stereocenters. The molecular weight excluding hydrogens is 292 g/mol. The van der Waals surface area contributed by atoms with Crippen LogP contribution in [0.25, 0.3) is 0 Å². The van der Waals surface area contributed by atoms with Crippen molar-refractivity contribution in [2.75, 3.05) is 13.7 Å². The number of aliphatic hydroxyl groups excluding tert-OH is 1. The summed E-state index contributed by atoms with van der Waals surface area (Å²) in [7, 11) is -3.29. The molecule has 0 saturated heterocycles. The van der Waals surface area contributed by atoms with Gasteiger partial charge in [-0.25, -0.2) is 0 Å². The Labute approximate surface area is 131 Å². The lowest BCUT2D eigenvalue weighted by atomic mass is 10.1. The molecule has 0 fully saturated rings. The minimum absolute atomic E-state index is 0.372. The monoisotopic (exact) mass is 326 g/mol. The van der Waals surface area contributed by atoms with Crippen LogP contribution in [-0.2, 0) is 14.6 Å². The topological polar surface area (TPSA) is 83.8 Å². The highest BCUT2D eigenvalue weighted by atomic mass is 32.3.